The number of rotatable bonds is 6. The van der Waals surface area contributed by atoms with E-state index in [0.717, 1.165) is 5.69 Å². The van der Waals surface area contributed by atoms with Gasteiger partial charge in [0, 0.05) is 18.2 Å². The molecule has 138 valence electrons. The Morgan fingerprint density at radius 3 is 1.74 bits per heavy atom. The Kier molecular flexibility index (Phi) is 6.26. The summed E-state index contributed by atoms with van der Waals surface area (Å²) in [6, 6.07) is 28.3. The van der Waals surface area contributed by atoms with Gasteiger partial charge in [-0.3, -0.25) is 0 Å². The van der Waals surface area contributed by atoms with E-state index in [9.17, 15) is 4.79 Å². The highest BCUT2D eigenvalue weighted by Gasteiger charge is 2.15. The van der Waals surface area contributed by atoms with Crippen molar-refractivity contribution in [2.24, 2.45) is 0 Å². The zero-order valence-corrected chi connectivity index (χ0v) is 15.9. The molecule has 0 aromatic heterocycles. The van der Waals surface area contributed by atoms with Crippen LogP contribution in [0.4, 0.5) is 10.5 Å². The fraction of sp³-hybridized carbons (Fsp3) is 0.208. The second-order valence-electron chi connectivity index (χ2n) is 6.99. The third-order valence-electron chi connectivity index (χ3n) is 4.71. The van der Waals surface area contributed by atoms with Crippen molar-refractivity contribution in [1.29, 1.82) is 0 Å². The Labute approximate surface area is 161 Å². The first-order valence-electron chi connectivity index (χ1n) is 9.38. The molecule has 0 aliphatic heterocycles. The summed E-state index contributed by atoms with van der Waals surface area (Å²) in [6.45, 7) is 4.84. The van der Waals surface area contributed by atoms with E-state index in [1.54, 1.807) is 0 Å². The van der Waals surface area contributed by atoms with Crippen molar-refractivity contribution < 1.29 is 4.79 Å². The highest BCUT2D eigenvalue weighted by molar-refractivity contribution is 5.89. The molecule has 3 rings (SSSR count). The topological polar surface area (TPSA) is 41.1 Å². The van der Waals surface area contributed by atoms with Crippen LogP contribution in [0.3, 0.4) is 0 Å². The lowest BCUT2D eigenvalue weighted by atomic mass is 9.91. The zero-order chi connectivity index (χ0) is 19.1. The Morgan fingerprint density at radius 1 is 0.741 bits per heavy atom. The predicted octanol–water partition coefficient (Wildman–Crippen LogP) is 5.76. The van der Waals surface area contributed by atoms with Gasteiger partial charge in [0.15, 0.2) is 0 Å². The molecule has 2 N–H and O–H groups in total. The van der Waals surface area contributed by atoms with Crippen LogP contribution in [0.25, 0.3) is 0 Å². The van der Waals surface area contributed by atoms with Crippen molar-refractivity contribution in [3.8, 4) is 0 Å². The number of carbonyl (C=O) groups is 1. The molecule has 0 radical (unpaired) electrons. The van der Waals surface area contributed by atoms with Gasteiger partial charge < -0.3 is 10.6 Å². The number of anilines is 1. The van der Waals surface area contributed by atoms with Crippen LogP contribution >= 0.6 is 0 Å². The van der Waals surface area contributed by atoms with E-state index in [1.807, 2.05) is 48.5 Å². The van der Waals surface area contributed by atoms with Gasteiger partial charge in [-0.2, -0.15) is 0 Å². The molecular formula is C24H26N2O. The van der Waals surface area contributed by atoms with E-state index in [2.05, 4.69) is 60.9 Å². The first-order chi connectivity index (χ1) is 13.1. The van der Waals surface area contributed by atoms with E-state index in [-0.39, 0.29) is 11.9 Å². The van der Waals surface area contributed by atoms with E-state index in [0.29, 0.717) is 12.5 Å². The molecule has 0 fully saturated rings. The third kappa shape index (κ3) is 5.20. The molecule has 0 atom stereocenters. The van der Waals surface area contributed by atoms with Crippen LogP contribution < -0.4 is 10.6 Å². The summed E-state index contributed by atoms with van der Waals surface area (Å²) < 4.78 is 0. The van der Waals surface area contributed by atoms with Crippen molar-refractivity contribution in [3.63, 3.8) is 0 Å². The van der Waals surface area contributed by atoms with Gasteiger partial charge >= 0.3 is 6.03 Å². The highest BCUT2D eigenvalue weighted by Crippen LogP contribution is 2.23. The van der Waals surface area contributed by atoms with Gasteiger partial charge in [-0.1, -0.05) is 86.6 Å². The molecule has 2 amide bonds. The van der Waals surface area contributed by atoms with E-state index in [1.165, 1.54) is 16.7 Å². The van der Waals surface area contributed by atoms with Gasteiger partial charge in [0.2, 0.25) is 0 Å². The molecule has 3 heteroatoms. The molecule has 0 saturated carbocycles. The number of hydrogen-bond donors (Lipinski definition) is 2. The molecule has 0 aliphatic rings. The van der Waals surface area contributed by atoms with Gasteiger partial charge in [0.05, 0.1) is 0 Å². The Morgan fingerprint density at radius 2 is 1.26 bits per heavy atom. The van der Waals surface area contributed by atoms with Crippen molar-refractivity contribution in [2.45, 2.75) is 25.7 Å². The molecule has 3 aromatic carbocycles. The highest BCUT2D eigenvalue weighted by atomic mass is 16.2. The van der Waals surface area contributed by atoms with Gasteiger partial charge in [0.1, 0.15) is 0 Å². The van der Waals surface area contributed by atoms with Crippen LogP contribution in [-0.2, 0) is 0 Å². The molecule has 0 spiro atoms. The molecule has 0 unspecified atom stereocenters. The standard InChI is InChI=1S/C24H26N2O/c1-18(2)19-13-15-22(16-14-19)26-24(27)25-17-23(20-9-5-3-6-10-20)21-11-7-4-8-12-21/h3-16,18,23H,17H2,1-2H3,(H2,25,26,27). The fourth-order valence-corrected chi connectivity index (χ4v) is 3.12. The summed E-state index contributed by atoms with van der Waals surface area (Å²) in [5, 5.41) is 5.93. The van der Waals surface area contributed by atoms with Gasteiger partial charge in [-0.25, -0.2) is 4.79 Å². The van der Waals surface area contributed by atoms with Gasteiger partial charge in [-0.15, -0.1) is 0 Å². The maximum atomic E-state index is 12.4. The lowest BCUT2D eigenvalue weighted by Crippen LogP contribution is -2.32. The molecule has 0 saturated heterocycles. The van der Waals surface area contributed by atoms with Crippen LogP contribution in [0.1, 0.15) is 42.4 Å². The molecule has 0 bridgehead atoms. The summed E-state index contributed by atoms with van der Waals surface area (Å²) >= 11 is 0. The lowest BCUT2D eigenvalue weighted by molar-refractivity contribution is 0.252. The maximum absolute atomic E-state index is 12.4. The maximum Gasteiger partial charge on any atom is 0.319 e. The Hall–Kier alpha value is -3.07. The number of hydrogen-bond acceptors (Lipinski definition) is 1. The van der Waals surface area contributed by atoms with Crippen molar-refractivity contribution in [3.05, 3.63) is 102 Å². The number of nitrogens with one attached hydrogen (secondary N) is 2. The Balaban J connectivity index is 1.65. The third-order valence-corrected chi connectivity index (χ3v) is 4.71. The average Bonchev–Trinajstić information content (AvgIpc) is 2.70. The van der Waals surface area contributed by atoms with Crippen molar-refractivity contribution in [1.82, 2.24) is 5.32 Å². The van der Waals surface area contributed by atoms with E-state index in [4.69, 9.17) is 0 Å². The molecule has 3 nitrogen and oxygen atoms in total. The minimum absolute atomic E-state index is 0.112. The Bertz CT molecular complexity index is 803. The summed E-state index contributed by atoms with van der Waals surface area (Å²) in [5.41, 5.74) is 4.43. The van der Waals surface area contributed by atoms with Crippen molar-refractivity contribution in [2.75, 3.05) is 11.9 Å². The summed E-state index contributed by atoms with van der Waals surface area (Å²) in [4.78, 5) is 12.4. The normalized spacial score (nSPS) is 10.8. The smallest absolute Gasteiger partial charge is 0.319 e. The summed E-state index contributed by atoms with van der Waals surface area (Å²) in [7, 11) is 0. The van der Waals surface area contributed by atoms with Crippen LogP contribution in [0.15, 0.2) is 84.9 Å². The second kappa shape index (κ2) is 9.04. The predicted molar refractivity (Wildman–Crippen MR) is 112 cm³/mol. The largest absolute Gasteiger partial charge is 0.337 e. The molecule has 0 aliphatic carbocycles. The van der Waals surface area contributed by atoms with Crippen LogP contribution in [-0.4, -0.2) is 12.6 Å². The minimum Gasteiger partial charge on any atom is -0.337 e. The first kappa shape index (κ1) is 18.7. The van der Waals surface area contributed by atoms with Crippen LogP contribution in [0, 0.1) is 0 Å². The van der Waals surface area contributed by atoms with Gasteiger partial charge in [-0.05, 0) is 34.7 Å². The van der Waals surface area contributed by atoms with Crippen molar-refractivity contribution >= 4 is 11.7 Å². The number of amides is 2. The summed E-state index contributed by atoms with van der Waals surface area (Å²) in [6.07, 6.45) is 0. The minimum atomic E-state index is -0.191. The average molecular weight is 358 g/mol. The van der Waals surface area contributed by atoms with Crippen LogP contribution in [0.2, 0.25) is 0 Å². The first-order valence-corrected chi connectivity index (χ1v) is 9.38. The SMILES string of the molecule is CC(C)c1ccc(NC(=O)NCC(c2ccccc2)c2ccccc2)cc1. The van der Waals surface area contributed by atoms with E-state index < -0.39 is 0 Å². The number of benzene rings is 3. The van der Waals surface area contributed by atoms with Gasteiger partial charge in [0.25, 0.3) is 0 Å². The summed E-state index contributed by atoms with van der Waals surface area (Å²) in [5.74, 6) is 0.590. The second-order valence-corrected chi connectivity index (χ2v) is 6.99. The fourth-order valence-electron chi connectivity index (χ4n) is 3.12. The molecule has 0 heterocycles. The monoisotopic (exact) mass is 358 g/mol. The number of urea groups is 1. The molecule has 3 aromatic rings. The lowest BCUT2D eigenvalue weighted by Gasteiger charge is -2.19. The molecular weight excluding hydrogens is 332 g/mol. The molecule has 27 heavy (non-hydrogen) atoms. The van der Waals surface area contributed by atoms with E-state index >= 15 is 0 Å². The van der Waals surface area contributed by atoms with Crippen LogP contribution in [0.5, 0.6) is 0 Å². The quantitative estimate of drug-likeness (QED) is 0.577. The zero-order valence-electron chi connectivity index (χ0n) is 15.9. The number of carbonyl (C=O) groups excluding carboxylic acids is 1.